The summed E-state index contributed by atoms with van der Waals surface area (Å²) < 4.78 is 6.01. The van der Waals surface area contributed by atoms with E-state index in [0.29, 0.717) is 0 Å². The molecule has 0 saturated heterocycles. The van der Waals surface area contributed by atoms with Crippen LogP contribution < -0.4 is 10.1 Å². The van der Waals surface area contributed by atoms with E-state index >= 15 is 0 Å². The van der Waals surface area contributed by atoms with Gasteiger partial charge >= 0.3 is 0 Å². The second-order valence-electron chi connectivity index (χ2n) is 5.99. The van der Waals surface area contributed by atoms with Crippen LogP contribution in [0, 0.1) is 11.8 Å². The lowest BCUT2D eigenvalue weighted by atomic mass is 9.94. The molecule has 1 saturated carbocycles. The molecule has 1 heterocycles. The summed E-state index contributed by atoms with van der Waals surface area (Å²) in [6, 6.07) is 16.9. The van der Waals surface area contributed by atoms with Crippen LogP contribution in [0.2, 0.25) is 0 Å². The van der Waals surface area contributed by atoms with Crippen molar-refractivity contribution in [3.63, 3.8) is 0 Å². The highest BCUT2D eigenvalue weighted by Crippen LogP contribution is 2.43. The van der Waals surface area contributed by atoms with Crippen molar-refractivity contribution in [2.45, 2.75) is 19.4 Å². The van der Waals surface area contributed by atoms with Gasteiger partial charge in [0, 0.05) is 11.1 Å². The van der Waals surface area contributed by atoms with Gasteiger partial charge < -0.3 is 10.1 Å². The van der Waals surface area contributed by atoms with Gasteiger partial charge in [0.2, 0.25) is 0 Å². The zero-order valence-corrected chi connectivity index (χ0v) is 11.7. The zero-order chi connectivity index (χ0) is 13.5. The van der Waals surface area contributed by atoms with Crippen molar-refractivity contribution < 1.29 is 4.74 Å². The van der Waals surface area contributed by atoms with Gasteiger partial charge in [0.15, 0.2) is 0 Å². The van der Waals surface area contributed by atoms with Crippen molar-refractivity contribution in [3.05, 3.63) is 59.7 Å². The summed E-state index contributed by atoms with van der Waals surface area (Å²) in [4.78, 5) is 0. The van der Waals surface area contributed by atoms with Crippen LogP contribution in [0.4, 0.5) is 0 Å². The SMILES string of the molecule is CC1CC1CNC1c2ccccc2Oc2ccccc21. The molecule has 2 nitrogen and oxygen atoms in total. The second-order valence-corrected chi connectivity index (χ2v) is 5.99. The molecule has 0 amide bonds. The minimum Gasteiger partial charge on any atom is -0.457 e. The van der Waals surface area contributed by atoms with E-state index < -0.39 is 0 Å². The maximum Gasteiger partial charge on any atom is 0.132 e. The smallest absolute Gasteiger partial charge is 0.132 e. The molecule has 2 aliphatic rings. The average Bonchev–Trinajstić information content (AvgIpc) is 3.19. The first-order chi connectivity index (χ1) is 9.83. The summed E-state index contributed by atoms with van der Waals surface area (Å²) in [7, 11) is 0. The van der Waals surface area contributed by atoms with Crippen LogP contribution in [0.25, 0.3) is 0 Å². The highest BCUT2D eigenvalue weighted by molar-refractivity contribution is 5.52. The van der Waals surface area contributed by atoms with Gasteiger partial charge in [-0.15, -0.1) is 0 Å². The standard InChI is InChI=1S/C18H19NO/c1-12-10-13(12)11-19-18-14-6-2-4-8-16(14)20-17-9-5-3-7-15(17)18/h2-9,12-13,18-19H,10-11H2,1H3. The third kappa shape index (κ3) is 2.01. The highest BCUT2D eigenvalue weighted by Gasteiger charge is 2.34. The van der Waals surface area contributed by atoms with Gasteiger partial charge in [-0.25, -0.2) is 0 Å². The molecule has 1 aliphatic heterocycles. The zero-order valence-electron chi connectivity index (χ0n) is 11.7. The Morgan fingerprint density at radius 2 is 1.55 bits per heavy atom. The molecule has 4 rings (SSSR count). The Bertz CT molecular complexity index is 591. The number of hydrogen-bond donors (Lipinski definition) is 1. The quantitative estimate of drug-likeness (QED) is 0.901. The van der Waals surface area contributed by atoms with Gasteiger partial charge in [0.1, 0.15) is 11.5 Å². The molecule has 2 aromatic rings. The Labute approximate surface area is 119 Å². The van der Waals surface area contributed by atoms with E-state index in [-0.39, 0.29) is 6.04 Å². The van der Waals surface area contributed by atoms with E-state index in [1.54, 1.807) is 0 Å². The van der Waals surface area contributed by atoms with Crippen molar-refractivity contribution in [3.8, 4) is 11.5 Å². The first kappa shape index (κ1) is 12.0. The van der Waals surface area contributed by atoms with Gasteiger partial charge in [-0.3, -0.25) is 0 Å². The maximum absolute atomic E-state index is 6.01. The van der Waals surface area contributed by atoms with E-state index in [0.717, 1.165) is 29.9 Å². The Hall–Kier alpha value is -1.80. The fourth-order valence-electron chi connectivity index (χ4n) is 3.08. The number of nitrogens with one attached hydrogen (secondary N) is 1. The largest absolute Gasteiger partial charge is 0.457 e. The number of fused-ring (bicyclic) bond motifs is 2. The Balaban J connectivity index is 1.68. The van der Waals surface area contributed by atoms with Crippen LogP contribution in [0.3, 0.4) is 0 Å². The fraction of sp³-hybridized carbons (Fsp3) is 0.333. The predicted octanol–water partition coefficient (Wildman–Crippen LogP) is 4.13. The number of benzene rings is 2. The van der Waals surface area contributed by atoms with E-state index in [4.69, 9.17) is 4.74 Å². The Morgan fingerprint density at radius 3 is 2.10 bits per heavy atom. The lowest BCUT2D eigenvalue weighted by molar-refractivity contribution is 0.424. The van der Waals surface area contributed by atoms with Gasteiger partial charge in [-0.1, -0.05) is 43.3 Å². The summed E-state index contributed by atoms with van der Waals surface area (Å²) in [5, 5.41) is 3.75. The molecule has 20 heavy (non-hydrogen) atoms. The topological polar surface area (TPSA) is 21.3 Å². The van der Waals surface area contributed by atoms with E-state index in [2.05, 4.69) is 48.6 Å². The van der Waals surface area contributed by atoms with Crippen LogP contribution in [-0.2, 0) is 0 Å². The summed E-state index contributed by atoms with van der Waals surface area (Å²) in [6.45, 7) is 3.42. The van der Waals surface area contributed by atoms with Gasteiger partial charge in [-0.2, -0.15) is 0 Å². The Kier molecular flexibility index (Phi) is 2.78. The third-order valence-electron chi connectivity index (χ3n) is 4.54. The molecule has 2 unspecified atom stereocenters. The molecule has 2 heteroatoms. The lowest BCUT2D eigenvalue weighted by Crippen LogP contribution is -2.27. The van der Waals surface area contributed by atoms with Crippen LogP contribution in [0.1, 0.15) is 30.5 Å². The normalized spacial score (nSPS) is 23.6. The van der Waals surface area contributed by atoms with Crippen LogP contribution >= 0.6 is 0 Å². The van der Waals surface area contributed by atoms with Gasteiger partial charge in [-0.05, 0) is 36.9 Å². The average molecular weight is 265 g/mol. The molecule has 2 atom stereocenters. The van der Waals surface area contributed by atoms with Crippen LogP contribution in [-0.4, -0.2) is 6.54 Å². The Morgan fingerprint density at radius 1 is 1.00 bits per heavy atom. The summed E-state index contributed by atoms with van der Waals surface area (Å²) in [5.74, 6) is 3.69. The summed E-state index contributed by atoms with van der Waals surface area (Å²) >= 11 is 0. The first-order valence-corrected chi connectivity index (χ1v) is 7.42. The number of ether oxygens (including phenoxy) is 1. The van der Waals surface area contributed by atoms with Gasteiger partial charge in [0.25, 0.3) is 0 Å². The highest BCUT2D eigenvalue weighted by atomic mass is 16.5. The maximum atomic E-state index is 6.01. The minimum atomic E-state index is 0.254. The first-order valence-electron chi connectivity index (χ1n) is 7.42. The van der Waals surface area contributed by atoms with E-state index in [1.807, 2.05) is 12.1 Å². The number of hydrogen-bond acceptors (Lipinski definition) is 2. The molecule has 2 aromatic carbocycles. The molecule has 1 aliphatic carbocycles. The summed E-state index contributed by atoms with van der Waals surface area (Å²) in [6.07, 6.45) is 1.36. The summed E-state index contributed by atoms with van der Waals surface area (Å²) in [5.41, 5.74) is 2.50. The van der Waals surface area contributed by atoms with Crippen molar-refractivity contribution in [2.75, 3.05) is 6.54 Å². The van der Waals surface area contributed by atoms with Crippen LogP contribution in [0.5, 0.6) is 11.5 Å². The molecule has 0 radical (unpaired) electrons. The van der Waals surface area contributed by atoms with Crippen molar-refractivity contribution >= 4 is 0 Å². The molecule has 1 N–H and O–H groups in total. The molecular weight excluding hydrogens is 246 g/mol. The molecule has 102 valence electrons. The number of rotatable bonds is 3. The van der Waals surface area contributed by atoms with Gasteiger partial charge in [0.05, 0.1) is 6.04 Å². The molecular formula is C18H19NO. The second kappa shape index (κ2) is 4.64. The van der Waals surface area contributed by atoms with E-state index in [1.165, 1.54) is 17.5 Å². The molecule has 0 aromatic heterocycles. The van der Waals surface area contributed by atoms with Crippen molar-refractivity contribution in [1.82, 2.24) is 5.32 Å². The third-order valence-corrected chi connectivity index (χ3v) is 4.54. The molecule has 1 fully saturated rings. The van der Waals surface area contributed by atoms with Crippen molar-refractivity contribution in [2.24, 2.45) is 11.8 Å². The monoisotopic (exact) mass is 265 g/mol. The fourth-order valence-corrected chi connectivity index (χ4v) is 3.08. The molecule has 0 bridgehead atoms. The molecule has 0 spiro atoms. The van der Waals surface area contributed by atoms with Crippen molar-refractivity contribution in [1.29, 1.82) is 0 Å². The minimum absolute atomic E-state index is 0.254. The van der Waals surface area contributed by atoms with E-state index in [9.17, 15) is 0 Å². The lowest BCUT2D eigenvalue weighted by Gasteiger charge is -2.29. The van der Waals surface area contributed by atoms with Crippen LogP contribution in [0.15, 0.2) is 48.5 Å². The predicted molar refractivity (Wildman–Crippen MR) is 80.1 cm³/mol. The number of para-hydroxylation sites is 2.